The minimum absolute atomic E-state index is 0.0409. The Morgan fingerprint density at radius 3 is 1.88 bits per heavy atom. The molecular formula is C39H78O8Si2. The van der Waals surface area contributed by atoms with Crippen molar-refractivity contribution in [1.29, 1.82) is 0 Å². The summed E-state index contributed by atoms with van der Waals surface area (Å²) in [5, 5.41) is 13.3. The molecule has 0 aromatic rings. The van der Waals surface area contributed by atoms with Crippen LogP contribution in [0, 0.1) is 16.7 Å². The molecule has 1 saturated carbocycles. The lowest BCUT2D eigenvalue weighted by molar-refractivity contribution is -0.238. The van der Waals surface area contributed by atoms with E-state index in [2.05, 4.69) is 115 Å². The fourth-order valence-corrected chi connectivity index (χ4v) is 9.73. The minimum Gasteiger partial charge on any atom is -0.416 e. The maximum atomic E-state index is 13.1. The topological polar surface area (TPSA) is 84.8 Å². The molecule has 0 aliphatic heterocycles. The van der Waals surface area contributed by atoms with E-state index in [1.165, 1.54) is 0 Å². The van der Waals surface area contributed by atoms with Crippen molar-refractivity contribution in [2.45, 2.75) is 188 Å². The Bertz CT molecular complexity index is 1090. The maximum absolute atomic E-state index is 13.1. The van der Waals surface area contributed by atoms with E-state index >= 15 is 0 Å². The van der Waals surface area contributed by atoms with Crippen LogP contribution in [0.5, 0.6) is 0 Å². The van der Waals surface area contributed by atoms with Gasteiger partial charge in [-0.15, -0.1) is 0 Å². The molecule has 290 valence electrons. The van der Waals surface area contributed by atoms with Crippen LogP contribution in [0.4, 0.5) is 0 Å². The molecule has 0 saturated heterocycles. The Kier molecular flexibility index (Phi) is 14.8. The molecule has 49 heavy (non-hydrogen) atoms. The molecule has 1 fully saturated rings. The molecule has 0 aromatic heterocycles. The van der Waals surface area contributed by atoms with E-state index in [0.717, 1.165) is 18.4 Å². The summed E-state index contributed by atoms with van der Waals surface area (Å²) < 4.78 is 45.0. The zero-order valence-electron chi connectivity index (χ0n) is 35.2. The lowest BCUT2D eigenvalue weighted by Gasteiger charge is -2.57. The van der Waals surface area contributed by atoms with Crippen LogP contribution >= 0.6 is 0 Å². The number of ether oxygens (including phenoxy) is 5. The van der Waals surface area contributed by atoms with Gasteiger partial charge in [0.05, 0.1) is 30.0 Å². The van der Waals surface area contributed by atoms with Crippen LogP contribution < -0.4 is 0 Å². The quantitative estimate of drug-likeness (QED) is 0.101. The predicted octanol–water partition coefficient (Wildman–Crippen LogP) is 9.47. The third-order valence-electron chi connectivity index (χ3n) is 12.6. The summed E-state index contributed by atoms with van der Waals surface area (Å²) in [6.07, 6.45) is 4.09. The molecular weight excluding hydrogens is 653 g/mol. The predicted molar refractivity (Wildman–Crippen MR) is 206 cm³/mol. The summed E-state index contributed by atoms with van der Waals surface area (Å²) in [5.41, 5.74) is -1.85. The Labute approximate surface area is 304 Å². The van der Waals surface area contributed by atoms with E-state index in [4.69, 9.17) is 32.5 Å². The largest absolute Gasteiger partial charge is 0.416 e. The number of aliphatic hydroxyl groups is 1. The van der Waals surface area contributed by atoms with Crippen LogP contribution in [0.3, 0.4) is 0 Å². The highest BCUT2D eigenvalue weighted by atomic mass is 28.4. The average Bonchev–Trinajstić information content (AvgIpc) is 2.91. The highest BCUT2D eigenvalue weighted by Gasteiger charge is 2.60. The van der Waals surface area contributed by atoms with Gasteiger partial charge in [-0.1, -0.05) is 68.4 Å². The number of methoxy groups -OCH3 is 2. The SMILES string of the molecule is COCOC(C[C@]1(C)[C@@H](OC(C)(C)C)CC[C@H](OCOC)[C@@H]1CO[Si](C)(C)C(C)(C)C)C1(O)C(C)=CC(O[Si](C)(C)C(C)(C)C)CC1(C)C. The van der Waals surface area contributed by atoms with Gasteiger partial charge in [0.25, 0.3) is 0 Å². The van der Waals surface area contributed by atoms with Crippen molar-refractivity contribution in [3.8, 4) is 0 Å². The zero-order valence-corrected chi connectivity index (χ0v) is 37.2. The van der Waals surface area contributed by atoms with E-state index in [-0.39, 0.29) is 53.5 Å². The van der Waals surface area contributed by atoms with Crippen LogP contribution in [0.25, 0.3) is 0 Å². The number of rotatable bonds is 15. The molecule has 2 aliphatic rings. The molecule has 2 aliphatic carbocycles. The van der Waals surface area contributed by atoms with Gasteiger partial charge in [-0.3, -0.25) is 0 Å². The van der Waals surface area contributed by atoms with Gasteiger partial charge in [0, 0.05) is 37.6 Å². The molecule has 7 atom stereocenters. The fourth-order valence-electron chi connectivity index (χ4n) is 7.44. The maximum Gasteiger partial charge on any atom is 0.192 e. The summed E-state index contributed by atoms with van der Waals surface area (Å²) in [5.74, 6) is -0.0409. The van der Waals surface area contributed by atoms with E-state index in [1.807, 2.05) is 6.92 Å². The van der Waals surface area contributed by atoms with Gasteiger partial charge in [0.2, 0.25) is 0 Å². The Hall–Kier alpha value is -0.146. The molecule has 2 rings (SSSR count). The van der Waals surface area contributed by atoms with Crippen molar-refractivity contribution in [1.82, 2.24) is 0 Å². The van der Waals surface area contributed by atoms with Gasteiger partial charge in [-0.2, -0.15) is 0 Å². The van der Waals surface area contributed by atoms with Crippen LogP contribution in [-0.4, -0.2) is 91.8 Å². The van der Waals surface area contributed by atoms with Gasteiger partial charge < -0.3 is 37.6 Å². The second kappa shape index (κ2) is 16.1. The Balaban J connectivity index is 2.73. The highest BCUT2D eigenvalue weighted by molar-refractivity contribution is 6.74. The second-order valence-corrected chi connectivity index (χ2v) is 29.5. The molecule has 0 aromatic carbocycles. The summed E-state index contributed by atoms with van der Waals surface area (Å²) in [7, 11) is -0.861. The number of hydrogen-bond donors (Lipinski definition) is 1. The molecule has 3 unspecified atom stereocenters. The monoisotopic (exact) mass is 731 g/mol. The first-order valence-electron chi connectivity index (χ1n) is 18.6. The minimum atomic E-state index is -2.11. The van der Waals surface area contributed by atoms with Gasteiger partial charge >= 0.3 is 0 Å². The summed E-state index contributed by atoms with van der Waals surface area (Å²) in [6, 6.07) is 0. The van der Waals surface area contributed by atoms with E-state index in [0.29, 0.717) is 19.4 Å². The first-order valence-corrected chi connectivity index (χ1v) is 24.4. The lowest BCUT2D eigenvalue weighted by Crippen LogP contribution is -2.63. The Morgan fingerprint density at radius 2 is 1.41 bits per heavy atom. The highest BCUT2D eigenvalue weighted by Crippen LogP contribution is 2.55. The smallest absolute Gasteiger partial charge is 0.192 e. The standard InChI is InChI=1S/C39H78O8Si2/c1-28-22-29(47-49(18,19)36(8,9)10)23-37(11,12)39(28,40)33(44-27-42-15)24-38(13)30(25-45-48(16,17)35(5,6)7)31(43-26-41-14)20-21-32(38)46-34(2,3)4/h22,29-33,40H,20-21,23-27H2,1-19H3/t29?,30-,31-,32-,33?,38-,39?/m0/s1. The third-order valence-corrected chi connectivity index (χ3v) is 21.6. The Morgan fingerprint density at radius 1 is 0.857 bits per heavy atom. The molecule has 1 N–H and O–H groups in total. The van der Waals surface area contributed by atoms with Crippen molar-refractivity contribution in [2.75, 3.05) is 34.4 Å². The van der Waals surface area contributed by atoms with Crippen LogP contribution in [0.2, 0.25) is 36.3 Å². The van der Waals surface area contributed by atoms with Gasteiger partial charge in [0.1, 0.15) is 19.2 Å². The van der Waals surface area contributed by atoms with Gasteiger partial charge in [0.15, 0.2) is 16.6 Å². The molecule has 0 amide bonds. The summed E-state index contributed by atoms with van der Waals surface area (Å²) >= 11 is 0. The van der Waals surface area contributed by atoms with E-state index in [9.17, 15) is 5.11 Å². The van der Waals surface area contributed by atoms with Crippen molar-refractivity contribution in [3.05, 3.63) is 11.6 Å². The first kappa shape index (κ1) is 45.0. The molecule has 0 bridgehead atoms. The van der Waals surface area contributed by atoms with E-state index < -0.39 is 39.2 Å². The molecule has 0 radical (unpaired) electrons. The van der Waals surface area contributed by atoms with Gasteiger partial charge in [-0.25, -0.2) is 0 Å². The molecule has 10 heteroatoms. The van der Waals surface area contributed by atoms with Crippen molar-refractivity contribution in [2.24, 2.45) is 16.7 Å². The van der Waals surface area contributed by atoms with Crippen molar-refractivity contribution < 1.29 is 37.6 Å². The number of hydrogen-bond acceptors (Lipinski definition) is 8. The molecule has 8 nitrogen and oxygen atoms in total. The van der Waals surface area contributed by atoms with Crippen LogP contribution in [0.15, 0.2) is 11.6 Å². The summed E-state index contributed by atoms with van der Waals surface area (Å²) in [4.78, 5) is 0. The van der Waals surface area contributed by atoms with Crippen molar-refractivity contribution in [3.63, 3.8) is 0 Å². The van der Waals surface area contributed by atoms with Crippen LogP contribution in [-0.2, 0) is 32.5 Å². The van der Waals surface area contributed by atoms with E-state index in [1.54, 1.807) is 14.2 Å². The first-order chi connectivity index (χ1) is 22.0. The zero-order chi connectivity index (χ0) is 38.1. The normalized spacial score (nSPS) is 31.1. The molecule has 0 heterocycles. The van der Waals surface area contributed by atoms with Crippen molar-refractivity contribution >= 4 is 16.6 Å². The fraction of sp³-hybridized carbons (Fsp3) is 0.949. The van der Waals surface area contributed by atoms with Crippen LogP contribution in [0.1, 0.15) is 116 Å². The summed E-state index contributed by atoms with van der Waals surface area (Å²) in [6.45, 7) is 38.6. The molecule has 0 spiro atoms. The average molecular weight is 731 g/mol. The lowest BCUT2D eigenvalue weighted by atomic mass is 9.56. The third kappa shape index (κ3) is 10.5. The second-order valence-electron chi connectivity index (χ2n) is 20.0. The van der Waals surface area contributed by atoms with Gasteiger partial charge in [-0.05, 0) is 95.2 Å².